The van der Waals surface area contributed by atoms with Crippen LogP contribution in [0.1, 0.15) is 42.3 Å². The predicted octanol–water partition coefficient (Wildman–Crippen LogP) is 7.70. The Morgan fingerprint density at radius 3 is 2.49 bits per heavy atom. The van der Waals surface area contributed by atoms with Crippen LogP contribution in [0.15, 0.2) is 66.7 Å². The summed E-state index contributed by atoms with van der Waals surface area (Å²) in [4.78, 5) is 11.1. The van der Waals surface area contributed by atoms with Gasteiger partial charge in [0, 0.05) is 25.2 Å². The Morgan fingerprint density at radius 1 is 0.865 bits per heavy atom. The van der Waals surface area contributed by atoms with E-state index >= 15 is 0 Å². The van der Waals surface area contributed by atoms with Crippen molar-refractivity contribution in [2.24, 2.45) is 0 Å². The van der Waals surface area contributed by atoms with Gasteiger partial charge < -0.3 is 14.5 Å². The van der Waals surface area contributed by atoms with Crippen molar-refractivity contribution in [2.45, 2.75) is 45.7 Å². The molecule has 0 spiro atoms. The Bertz CT molecular complexity index is 1340. The van der Waals surface area contributed by atoms with E-state index in [1.165, 1.54) is 11.3 Å². The maximum atomic E-state index is 6.29. The van der Waals surface area contributed by atoms with Crippen LogP contribution < -0.4 is 9.47 Å². The topological polar surface area (TPSA) is 50.4 Å². The van der Waals surface area contributed by atoms with Crippen LogP contribution in [0.5, 0.6) is 11.5 Å². The van der Waals surface area contributed by atoms with Crippen molar-refractivity contribution in [3.8, 4) is 22.9 Å². The normalized spacial score (nSPS) is 12.4. The van der Waals surface area contributed by atoms with E-state index in [1.807, 2.05) is 42.5 Å². The fourth-order valence-electron chi connectivity index (χ4n) is 4.58. The fraction of sp³-hybridized carbons (Fsp3) is 0.300. The Labute approximate surface area is 228 Å². The monoisotopic (exact) mass is 535 g/mol. The molecule has 4 aromatic rings. The molecule has 0 radical (unpaired) electrons. The third-order valence-corrected chi connectivity index (χ3v) is 7.34. The van der Waals surface area contributed by atoms with Gasteiger partial charge in [0.05, 0.1) is 21.4 Å². The molecule has 1 N–H and O–H groups in total. The maximum Gasteiger partial charge on any atom is 0.231 e. The van der Waals surface area contributed by atoms with Gasteiger partial charge in [0.25, 0.3) is 0 Å². The lowest BCUT2D eigenvalue weighted by Gasteiger charge is -2.23. The van der Waals surface area contributed by atoms with Gasteiger partial charge in [-0.05, 0) is 54.7 Å². The molecule has 1 aromatic heterocycles. The number of benzene rings is 3. The molecule has 2 heterocycles. The highest BCUT2D eigenvalue weighted by Gasteiger charge is 2.18. The minimum atomic E-state index is 0.275. The molecule has 7 heteroatoms. The van der Waals surface area contributed by atoms with Crippen molar-refractivity contribution in [3.05, 3.63) is 99.3 Å². The lowest BCUT2D eigenvalue weighted by Crippen LogP contribution is -2.26. The van der Waals surface area contributed by atoms with Gasteiger partial charge in [-0.15, -0.1) is 0 Å². The highest BCUT2D eigenvalue weighted by atomic mass is 35.5. The van der Waals surface area contributed by atoms with Gasteiger partial charge in [0.2, 0.25) is 6.79 Å². The number of ether oxygens (including phenoxy) is 2. The Kier molecular flexibility index (Phi) is 8.34. The summed E-state index contributed by atoms with van der Waals surface area (Å²) in [6, 6.07) is 22.4. The molecule has 0 saturated carbocycles. The number of aryl methyl sites for hydroxylation is 1. The molecule has 192 valence electrons. The Morgan fingerprint density at radius 2 is 1.68 bits per heavy atom. The van der Waals surface area contributed by atoms with Gasteiger partial charge in [0.15, 0.2) is 11.5 Å². The second-order valence-corrected chi connectivity index (χ2v) is 10.2. The number of fused-ring (bicyclic) bond motifs is 1. The number of nitrogens with one attached hydrogen (secondary N) is 1. The van der Waals surface area contributed by atoms with Crippen molar-refractivity contribution in [2.75, 3.05) is 13.3 Å². The number of hydrogen-bond acceptors (Lipinski definition) is 4. The van der Waals surface area contributed by atoms with Crippen LogP contribution in [0.25, 0.3) is 11.4 Å². The Hall–Kier alpha value is -2.99. The van der Waals surface area contributed by atoms with Crippen LogP contribution >= 0.6 is 23.2 Å². The zero-order valence-electron chi connectivity index (χ0n) is 21.0. The van der Waals surface area contributed by atoms with E-state index in [-0.39, 0.29) is 6.79 Å². The average molecular weight is 537 g/mol. The number of aromatic amines is 1. The third-order valence-electron chi connectivity index (χ3n) is 6.60. The first-order chi connectivity index (χ1) is 18.1. The lowest BCUT2D eigenvalue weighted by atomic mass is 10.1. The molecule has 37 heavy (non-hydrogen) atoms. The summed E-state index contributed by atoms with van der Waals surface area (Å²) in [6.07, 6.45) is 4.05. The van der Waals surface area contributed by atoms with Crippen LogP contribution in [0, 0.1) is 0 Å². The van der Waals surface area contributed by atoms with Crippen molar-refractivity contribution in [3.63, 3.8) is 0 Å². The quantitative estimate of drug-likeness (QED) is 0.213. The first-order valence-electron chi connectivity index (χ1n) is 12.8. The molecule has 0 amide bonds. The van der Waals surface area contributed by atoms with Gasteiger partial charge in [-0.25, -0.2) is 4.98 Å². The number of H-pyrrole nitrogens is 1. The number of rotatable bonds is 11. The van der Waals surface area contributed by atoms with E-state index < -0.39 is 0 Å². The summed E-state index contributed by atoms with van der Waals surface area (Å²) < 4.78 is 11.1. The first kappa shape index (κ1) is 25.7. The summed E-state index contributed by atoms with van der Waals surface area (Å²) >= 11 is 12.4. The van der Waals surface area contributed by atoms with Crippen LogP contribution in [0.3, 0.4) is 0 Å². The smallest absolute Gasteiger partial charge is 0.231 e. The highest BCUT2D eigenvalue weighted by molar-refractivity contribution is 6.42. The van der Waals surface area contributed by atoms with E-state index in [4.69, 9.17) is 37.7 Å². The SMILES string of the molecule is CCCCc1nc(-c2ccccc2)[nH]c1CN(CCc1ccc(Cl)c(Cl)c1)Cc1ccc2c(c1)OCO2. The molecule has 0 atom stereocenters. The summed E-state index contributed by atoms with van der Waals surface area (Å²) in [5.74, 6) is 2.53. The van der Waals surface area contributed by atoms with Crippen molar-refractivity contribution < 1.29 is 9.47 Å². The second kappa shape index (κ2) is 12.0. The van der Waals surface area contributed by atoms with Gasteiger partial charge in [0.1, 0.15) is 5.82 Å². The molecule has 1 aliphatic rings. The maximum absolute atomic E-state index is 6.29. The van der Waals surface area contributed by atoms with Crippen LogP contribution in [0.2, 0.25) is 10.0 Å². The molecular weight excluding hydrogens is 505 g/mol. The van der Waals surface area contributed by atoms with E-state index in [0.29, 0.717) is 10.0 Å². The van der Waals surface area contributed by atoms with Gasteiger partial charge in [-0.1, -0.05) is 79.0 Å². The van der Waals surface area contributed by atoms with E-state index in [9.17, 15) is 0 Å². The molecule has 0 saturated heterocycles. The fourth-order valence-corrected chi connectivity index (χ4v) is 4.90. The number of nitrogens with zero attached hydrogens (tertiary/aromatic N) is 2. The first-order valence-corrected chi connectivity index (χ1v) is 13.5. The van der Waals surface area contributed by atoms with E-state index in [0.717, 1.165) is 79.5 Å². The molecule has 5 rings (SSSR count). The lowest BCUT2D eigenvalue weighted by molar-refractivity contribution is 0.174. The predicted molar refractivity (Wildman–Crippen MR) is 149 cm³/mol. The summed E-state index contributed by atoms with van der Waals surface area (Å²) in [5, 5.41) is 1.17. The van der Waals surface area contributed by atoms with Crippen molar-refractivity contribution in [1.29, 1.82) is 0 Å². The number of imidazole rings is 1. The van der Waals surface area contributed by atoms with E-state index in [2.05, 4.69) is 41.1 Å². The number of unbranched alkanes of at least 4 members (excludes halogenated alkanes) is 1. The number of hydrogen-bond donors (Lipinski definition) is 1. The summed E-state index contributed by atoms with van der Waals surface area (Å²) in [6.45, 7) is 4.86. The molecule has 0 aliphatic carbocycles. The summed E-state index contributed by atoms with van der Waals surface area (Å²) in [5.41, 5.74) is 5.75. The molecule has 0 unspecified atom stereocenters. The number of halogens is 2. The largest absolute Gasteiger partial charge is 0.454 e. The van der Waals surface area contributed by atoms with Crippen molar-refractivity contribution >= 4 is 23.2 Å². The minimum Gasteiger partial charge on any atom is -0.454 e. The summed E-state index contributed by atoms with van der Waals surface area (Å²) in [7, 11) is 0. The minimum absolute atomic E-state index is 0.275. The standard InChI is InChI=1S/C30H31Cl2N3O2/c1-2-3-9-26-27(34-30(33-26)23-7-5-4-6-8-23)19-35(15-14-21-10-12-24(31)25(32)16-21)18-22-11-13-28-29(17-22)37-20-36-28/h4-8,10-13,16-17H,2-3,9,14-15,18-20H2,1H3,(H,33,34). The average Bonchev–Trinajstić information content (AvgIpc) is 3.55. The third kappa shape index (κ3) is 6.48. The van der Waals surface area contributed by atoms with Crippen LogP contribution in [0.4, 0.5) is 0 Å². The van der Waals surface area contributed by atoms with E-state index in [1.54, 1.807) is 0 Å². The molecular formula is C30H31Cl2N3O2. The molecule has 5 nitrogen and oxygen atoms in total. The van der Waals surface area contributed by atoms with Crippen molar-refractivity contribution in [1.82, 2.24) is 14.9 Å². The Balaban J connectivity index is 1.40. The zero-order chi connectivity index (χ0) is 25.6. The number of aromatic nitrogens is 2. The molecule has 1 aliphatic heterocycles. The molecule has 3 aromatic carbocycles. The molecule has 0 fully saturated rings. The van der Waals surface area contributed by atoms with Crippen LogP contribution in [-0.2, 0) is 25.9 Å². The van der Waals surface area contributed by atoms with Crippen LogP contribution in [-0.4, -0.2) is 28.2 Å². The van der Waals surface area contributed by atoms with Gasteiger partial charge in [-0.3, -0.25) is 4.90 Å². The zero-order valence-corrected chi connectivity index (χ0v) is 22.5. The molecule has 0 bridgehead atoms. The van der Waals surface area contributed by atoms with Gasteiger partial charge >= 0.3 is 0 Å². The van der Waals surface area contributed by atoms with Gasteiger partial charge in [-0.2, -0.15) is 0 Å². The second-order valence-electron chi connectivity index (χ2n) is 9.38. The highest BCUT2D eigenvalue weighted by Crippen LogP contribution is 2.33.